The van der Waals surface area contributed by atoms with E-state index >= 15 is 0 Å². The van der Waals surface area contributed by atoms with Gasteiger partial charge in [-0.15, -0.1) is 0 Å². The molecule has 21 heavy (non-hydrogen) atoms. The maximum Gasteiger partial charge on any atom is 0.311 e. The average molecular weight is 305 g/mol. The Morgan fingerprint density at radius 1 is 1.19 bits per heavy atom. The van der Waals surface area contributed by atoms with Crippen LogP contribution < -0.4 is 4.74 Å². The van der Waals surface area contributed by atoms with Gasteiger partial charge in [0.25, 0.3) is 0 Å². The summed E-state index contributed by atoms with van der Waals surface area (Å²) in [6, 6.07) is 14.7. The fourth-order valence-electron chi connectivity index (χ4n) is 2.24. The minimum atomic E-state index is -0.841. The van der Waals surface area contributed by atoms with Crippen molar-refractivity contribution < 1.29 is 14.6 Å². The molecule has 0 aliphatic heterocycles. The molecule has 0 amide bonds. The number of hydrogen-bond acceptors (Lipinski definition) is 2. The van der Waals surface area contributed by atoms with Gasteiger partial charge in [-0.3, -0.25) is 4.79 Å². The van der Waals surface area contributed by atoms with Crippen LogP contribution in [0.5, 0.6) is 5.75 Å². The number of carboxylic acids is 1. The van der Waals surface area contributed by atoms with Gasteiger partial charge in [-0.2, -0.15) is 0 Å². The third-order valence-corrected chi connectivity index (χ3v) is 3.67. The largest absolute Gasteiger partial charge is 0.492 e. The van der Waals surface area contributed by atoms with Gasteiger partial charge in [-0.05, 0) is 36.6 Å². The molecule has 0 saturated carbocycles. The molecule has 1 unspecified atom stereocenters. The standard InChI is InChI=1S/C17H17ClO3/c1-12-6-2-3-7-13(12)14(17(19)20)10-11-21-16-9-5-4-8-15(16)18/h2-9,14H,10-11H2,1H3,(H,19,20). The summed E-state index contributed by atoms with van der Waals surface area (Å²) in [6.07, 6.45) is 0.394. The molecule has 1 N–H and O–H groups in total. The molecule has 2 aromatic rings. The smallest absolute Gasteiger partial charge is 0.311 e. The van der Waals surface area contributed by atoms with Gasteiger partial charge in [0, 0.05) is 0 Å². The SMILES string of the molecule is Cc1ccccc1C(CCOc1ccccc1Cl)C(=O)O. The van der Waals surface area contributed by atoms with E-state index in [-0.39, 0.29) is 0 Å². The molecule has 0 heterocycles. The summed E-state index contributed by atoms with van der Waals surface area (Å²) in [4.78, 5) is 11.5. The molecule has 2 rings (SSSR count). The van der Waals surface area contributed by atoms with Crippen molar-refractivity contribution in [2.24, 2.45) is 0 Å². The Balaban J connectivity index is 2.04. The predicted molar refractivity (Wildman–Crippen MR) is 83.1 cm³/mol. The molecule has 0 radical (unpaired) electrons. The number of hydrogen-bond donors (Lipinski definition) is 1. The number of carboxylic acid groups (broad SMARTS) is 1. The zero-order chi connectivity index (χ0) is 15.2. The van der Waals surface area contributed by atoms with Gasteiger partial charge < -0.3 is 9.84 Å². The number of carbonyl (C=O) groups is 1. The van der Waals surface area contributed by atoms with E-state index in [9.17, 15) is 9.90 Å². The molecule has 0 aliphatic rings. The Hall–Kier alpha value is -2.00. The Kier molecular flexibility index (Phi) is 5.23. The minimum absolute atomic E-state index is 0.301. The molecular weight excluding hydrogens is 288 g/mol. The highest BCUT2D eigenvalue weighted by Gasteiger charge is 2.21. The number of ether oxygens (including phenoxy) is 1. The number of aliphatic carboxylic acids is 1. The maximum atomic E-state index is 11.5. The predicted octanol–water partition coefficient (Wildman–Crippen LogP) is 4.29. The monoisotopic (exact) mass is 304 g/mol. The van der Waals surface area contributed by atoms with Crippen LogP contribution in [0.3, 0.4) is 0 Å². The van der Waals surface area contributed by atoms with Crippen molar-refractivity contribution >= 4 is 17.6 Å². The van der Waals surface area contributed by atoms with E-state index in [2.05, 4.69) is 0 Å². The second kappa shape index (κ2) is 7.14. The number of aryl methyl sites for hydroxylation is 1. The molecule has 1 atom stereocenters. The van der Waals surface area contributed by atoms with Gasteiger partial charge in [0.05, 0.1) is 17.5 Å². The van der Waals surface area contributed by atoms with E-state index in [0.717, 1.165) is 11.1 Å². The van der Waals surface area contributed by atoms with Crippen LogP contribution >= 0.6 is 11.6 Å². The first-order valence-electron chi connectivity index (χ1n) is 6.75. The number of rotatable bonds is 6. The number of halogens is 1. The van der Waals surface area contributed by atoms with Crippen LogP contribution in [0.2, 0.25) is 5.02 Å². The van der Waals surface area contributed by atoms with Crippen LogP contribution in [0.1, 0.15) is 23.5 Å². The summed E-state index contributed by atoms with van der Waals surface area (Å²) in [5.74, 6) is -0.839. The molecule has 110 valence electrons. The van der Waals surface area contributed by atoms with Crippen molar-refractivity contribution in [3.8, 4) is 5.75 Å². The second-order valence-corrected chi connectivity index (χ2v) is 5.22. The van der Waals surface area contributed by atoms with Crippen molar-refractivity contribution in [2.75, 3.05) is 6.61 Å². The van der Waals surface area contributed by atoms with Gasteiger partial charge in [0.2, 0.25) is 0 Å². The van der Waals surface area contributed by atoms with Crippen molar-refractivity contribution in [2.45, 2.75) is 19.3 Å². The van der Waals surface area contributed by atoms with Crippen molar-refractivity contribution in [1.29, 1.82) is 0 Å². The first kappa shape index (κ1) is 15.4. The lowest BCUT2D eigenvalue weighted by Gasteiger charge is -2.16. The van der Waals surface area contributed by atoms with Gasteiger partial charge in [0.15, 0.2) is 0 Å². The molecule has 0 fully saturated rings. The summed E-state index contributed by atoms with van der Waals surface area (Å²) in [5, 5.41) is 9.95. The Bertz CT molecular complexity index is 625. The Morgan fingerprint density at radius 2 is 1.86 bits per heavy atom. The number of para-hydroxylation sites is 1. The normalized spacial score (nSPS) is 11.9. The highest BCUT2D eigenvalue weighted by atomic mass is 35.5. The zero-order valence-electron chi connectivity index (χ0n) is 11.8. The summed E-state index contributed by atoms with van der Waals surface area (Å²) < 4.78 is 5.58. The van der Waals surface area contributed by atoms with Crippen LogP contribution in [0.15, 0.2) is 48.5 Å². The van der Waals surface area contributed by atoms with Crippen molar-refractivity contribution in [3.63, 3.8) is 0 Å². The zero-order valence-corrected chi connectivity index (χ0v) is 12.5. The highest BCUT2D eigenvalue weighted by Crippen LogP contribution is 2.26. The van der Waals surface area contributed by atoms with Crippen LogP contribution in [-0.4, -0.2) is 17.7 Å². The van der Waals surface area contributed by atoms with E-state index in [1.54, 1.807) is 12.1 Å². The third-order valence-electron chi connectivity index (χ3n) is 3.36. The quantitative estimate of drug-likeness (QED) is 0.866. The van der Waals surface area contributed by atoms with Gasteiger partial charge in [0.1, 0.15) is 5.75 Å². The molecular formula is C17H17ClO3. The van der Waals surface area contributed by atoms with Crippen LogP contribution in [0.25, 0.3) is 0 Å². The van der Waals surface area contributed by atoms with Crippen LogP contribution in [-0.2, 0) is 4.79 Å². The van der Waals surface area contributed by atoms with Gasteiger partial charge in [-0.1, -0.05) is 48.0 Å². The van der Waals surface area contributed by atoms with E-state index in [4.69, 9.17) is 16.3 Å². The van der Waals surface area contributed by atoms with E-state index in [1.165, 1.54) is 0 Å². The first-order valence-corrected chi connectivity index (χ1v) is 7.13. The summed E-state index contributed by atoms with van der Waals surface area (Å²) in [6.45, 7) is 2.22. The van der Waals surface area contributed by atoms with Crippen molar-refractivity contribution in [3.05, 3.63) is 64.7 Å². The van der Waals surface area contributed by atoms with Crippen LogP contribution in [0, 0.1) is 6.92 Å². The highest BCUT2D eigenvalue weighted by molar-refractivity contribution is 6.32. The average Bonchev–Trinajstić information content (AvgIpc) is 2.46. The molecule has 0 bridgehead atoms. The summed E-state index contributed by atoms with van der Waals surface area (Å²) in [7, 11) is 0. The summed E-state index contributed by atoms with van der Waals surface area (Å²) >= 11 is 6.00. The lowest BCUT2D eigenvalue weighted by atomic mass is 9.92. The first-order chi connectivity index (χ1) is 10.1. The lowest BCUT2D eigenvalue weighted by molar-refractivity contribution is -0.139. The molecule has 0 aromatic heterocycles. The minimum Gasteiger partial charge on any atom is -0.492 e. The molecule has 0 spiro atoms. The van der Waals surface area contributed by atoms with Crippen molar-refractivity contribution in [1.82, 2.24) is 0 Å². The third kappa shape index (κ3) is 3.99. The molecule has 4 heteroatoms. The molecule has 3 nitrogen and oxygen atoms in total. The topological polar surface area (TPSA) is 46.5 Å². The van der Waals surface area contributed by atoms with E-state index in [0.29, 0.717) is 23.8 Å². The molecule has 0 aliphatic carbocycles. The lowest BCUT2D eigenvalue weighted by Crippen LogP contribution is -2.16. The fourth-order valence-corrected chi connectivity index (χ4v) is 2.43. The van der Waals surface area contributed by atoms with Gasteiger partial charge >= 0.3 is 5.97 Å². The van der Waals surface area contributed by atoms with Gasteiger partial charge in [-0.25, -0.2) is 0 Å². The fraction of sp³-hybridized carbons (Fsp3) is 0.235. The van der Waals surface area contributed by atoms with E-state index < -0.39 is 11.9 Å². The molecule has 0 saturated heterocycles. The van der Waals surface area contributed by atoms with E-state index in [1.807, 2.05) is 43.3 Å². The molecule has 2 aromatic carbocycles. The Morgan fingerprint density at radius 3 is 2.52 bits per heavy atom. The Labute approximate surface area is 129 Å². The maximum absolute atomic E-state index is 11.5. The second-order valence-electron chi connectivity index (χ2n) is 4.81. The number of benzene rings is 2. The van der Waals surface area contributed by atoms with Crippen LogP contribution in [0.4, 0.5) is 0 Å². The summed E-state index contributed by atoms with van der Waals surface area (Å²) in [5.41, 5.74) is 1.80.